The molecule has 0 unspecified atom stereocenters. The van der Waals surface area contributed by atoms with Crippen molar-refractivity contribution in [2.45, 2.75) is 4.21 Å². The minimum absolute atomic E-state index is 1.04. The molecule has 0 saturated carbocycles. The number of hydrogen-bond acceptors (Lipinski definition) is 3. The highest BCUT2D eigenvalue weighted by molar-refractivity contribution is 14.2. The zero-order valence-electron chi connectivity index (χ0n) is 5.75. The first kappa shape index (κ1) is 9.23. The molecule has 2 aromatic rings. The van der Waals surface area contributed by atoms with Crippen molar-refractivity contribution < 1.29 is 0 Å². The number of pyridine rings is 1. The Kier molecular flexibility index (Phi) is 2.93. The molecule has 2 heterocycles. The first-order valence-corrected chi connectivity index (χ1v) is 8.10. The second-order valence-corrected chi connectivity index (χ2v) is 6.31. The Morgan fingerprint density at radius 2 is 2.33 bits per heavy atom. The van der Waals surface area contributed by atoms with Crippen molar-refractivity contribution in [1.82, 2.24) is 4.98 Å². The van der Waals surface area contributed by atoms with Gasteiger partial charge >= 0.3 is 0 Å². The molecule has 2 aromatic heterocycles. The van der Waals surface area contributed by atoms with E-state index in [0.717, 1.165) is 9.30 Å². The predicted octanol–water partition coefficient (Wildman–Crippen LogP) is 4.50. The van der Waals surface area contributed by atoms with Gasteiger partial charge in [0.25, 0.3) is 0 Å². The summed E-state index contributed by atoms with van der Waals surface area (Å²) < 4.78 is 2.34. The lowest BCUT2D eigenvalue weighted by Crippen LogP contribution is -1.69. The van der Waals surface area contributed by atoms with Gasteiger partial charge in [-0.3, -0.25) is 0 Å². The first-order chi connectivity index (χ1) is 5.79. The average Bonchev–Trinajstić information content (AvgIpc) is 2.46. The van der Waals surface area contributed by atoms with Gasteiger partial charge in [-0.1, -0.05) is 0 Å². The Bertz CT molecular complexity index is 415. The van der Waals surface area contributed by atoms with E-state index in [-0.39, 0.29) is 0 Å². The highest BCUT2D eigenvalue weighted by Gasteiger charge is 2.02. The number of fused-ring (bicyclic) bond motifs is 1. The molecule has 5 heteroatoms. The summed E-state index contributed by atoms with van der Waals surface area (Å²) in [6.45, 7) is 0. The van der Waals surface area contributed by atoms with Crippen molar-refractivity contribution in [2.75, 3.05) is 0 Å². The van der Waals surface area contributed by atoms with Gasteiger partial charge in [-0.2, -0.15) is 0 Å². The van der Waals surface area contributed by atoms with Crippen molar-refractivity contribution in [1.29, 1.82) is 0 Å². The van der Waals surface area contributed by atoms with Crippen molar-refractivity contribution in [2.24, 2.45) is 0 Å². The molecule has 1 nitrogen and oxygen atoms in total. The van der Waals surface area contributed by atoms with Crippen LogP contribution in [0, 0.1) is 0 Å². The van der Waals surface area contributed by atoms with Crippen LogP contribution in [0.4, 0.5) is 0 Å². The van der Waals surface area contributed by atoms with Crippen LogP contribution >= 0.6 is 57.4 Å². The standard InChI is InChI=1S/C7H3BrINS2/c8-5-1-4-2-6(12-9)11-7(4)10-3-5/h1-3H. The fraction of sp³-hybridized carbons (Fsp3) is 0. The molecule has 0 amide bonds. The van der Waals surface area contributed by atoms with E-state index >= 15 is 0 Å². The lowest BCUT2D eigenvalue weighted by atomic mass is 10.4. The Morgan fingerprint density at radius 1 is 1.50 bits per heavy atom. The highest BCUT2D eigenvalue weighted by Crippen LogP contribution is 2.35. The molecule has 0 aliphatic carbocycles. The summed E-state index contributed by atoms with van der Waals surface area (Å²) in [6.07, 6.45) is 1.83. The lowest BCUT2D eigenvalue weighted by Gasteiger charge is -1.87. The van der Waals surface area contributed by atoms with E-state index in [1.807, 2.05) is 6.20 Å². The summed E-state index contributed by atoms with van der Waals surface area (Å²) in [7, 11) is 1.73. The van der Waals surface area contributed by atoms with Crippen LogP contribution in [0.25, 0.3) is 10.2 Å². The summed E-state index contributed by atoms with van der Waals surface area (Å²) >= 11 is 7.41. The van der Waals surface area contributed by atoms with Crippen LogP contribution in [-0.4, -0.2) is 4.98 Å². The van der Waals surface area contributed by atoms with E-state index < -0.39 is 0 Å². The van der Waals surface area contributed by atoms with Crippen LogP contribution in [0.2, 0.25) is 0 Å². The predicted molar refractivity (Wildman–Crippen MR) is 67.2 cm³/mol. The van der Waals surface area contributed by atoms with E-state index in [0.29, 0.717) is 0 Å². The molecule has 12 heavy (non-hydrogen) atoms. The summed E-state index contributed by atoms with van der Waals surface area (Å²) in [6, 6.07) is 4.25. The Hall–Kier alpha value is 0.670. The number of hydrogen-bond donors (Lipinski definition) is 0. The first-order valence-electron chi connectivity index (χ1n) is 3.13. The maximum Gasteiger partial charge on any atom is 0.124 e. The van der Waals surface area contributed by atoms with Gasteiger partial charge < -0.3 is 0 Å². The number of aromatic nitrogens is 1. The molecule has 0 aliphatic rings. The van der Waals surface area contributed by atoms with Crippen LogP contribution in [0.1, 0.15) is 0 Å². The number of rotatable bonds is 1. The summed E-state index contributed by atoms with van der Waals surface area (Å²) in [5.41, 5.74) is 0. The Labute approximate surface area is 98.7 Å². The topological polar surface area (TPSA) is 12.9 Å². The van der Waals surface area contributed by atoms with Crippen molar-refractivity contribution in [3.63, 3.8) is 0 Å². The van der Waals surface area contributed by atoms with Crippen LogP contribution in [0.3, 0.4) is 0 Å². The molecule has 0 aromatic carbocycles. The number of halogens is 2. The maximum absolute atomic E-state index is 4.30. The third-order valence-corrected chi connectivity index (χ3v) is 5.77. The minimum atomic E-state index is 1.04. The Morgan fingerprint density at radius 3 is 3.08 bits per heavy atom. The number of nitrogens with zero attached hydrogens (tertiary/aromatic N) is 1. The number of thiophene rings is 1. The SMILES string of the molecule is Brc1cnc2sc(SI)cc2c1. The van der Waals surface area contributed by atoms with Crippen molar-refractivity contribution >= 4 is 67.6 Å². The van der Waals surface area contributed by atoms with Gasteiger partial charge in [-0.25, -0.2) is 4.98 Å². The third-order valence-electron chi connectivity index (χ3n) is 1.39. The van der Waals surface area contributed by atoms with Crippen molar-refractivity contribution in [3.8, 4) is 0 Å². The van der Waals surface area contributed by atoms with Gasteiger partial charge in [-0.15, -0.1) is 11.3 Å². The zero-order chi connectivity index (χ0) is 8.55. The third kappa shape index (κ3) is 1.78. The molecule has 0 atom stereocenters. The summed E-state index contributed by atoms with van der Waals surface area (Å²) in [4.78, 5) is 5.41. The molecule has 0 N–H and O–H groups in total. The minimum Gasteiger partial charge on any atom is -0.244 e. The van der Waals surface area contributed by atoms with Crippen LogP contribution in [0.15, 0.2) is 27.0 Å². The summed E-state index contributed by atoms with van der Waals surface area (Å²) in [5, 5.41) is 1.22. The van der Waals surface area contributed by atoms with Crippen molar-refractivity contribution in [3.05, 3.63) is 22.8 Å². The van der Waals surface area contributed by atoms with Gasteiger partial charge in [0.15, 0.2) is 0 Å². The molecule has 0 spiro atoms. The quantitative estimate of drug-likeness (QED) is 0.684. The molecule has 0 aliphatic heterocycles. The second kappa shape index (κ2) is 3.81. The summed E-state index contributed by atoms with van der Waals surface area (Å²) in [5.74, 6) is 0. The second-order valence-electron chi connectivity index (χ2n) is 2.19. The Balaban J connectivity index is 2.67. The fourth-order valence-electron chi connectivity index (χ4n) is 0.921. The molecular formula is C7H3BrINS2. The van der Waals surface area contributed by atoms with Crippen LogP contribution in [0.5, 0.6) is 0 Å². The van der Waals surface area contributed by atoms with E-state index in [2.05, 4.69) is 54.3 Å². The lowest BCUT2D eigenvalue weighted by molar-refractivity contribution is 1.42. The smallest absolute Gasteiger partial charge is 0.124 e. The molecule has 62 valence electrons. The van der Waals surface area contributed by atoms with Gasteiger partial charge in [0, 0.05) is 37.3 Å². The van der Waals surface area contributed by atoms with Gasteiger partial charge in [0.05, 0.1) is 4.21 Å². The molecular weight excluding hydrogens is 369 g/mol. The average molecular weight is 372 g/mol. The largest absolute Gasteiger partial charge is 0.244 e. The molecule has 0 saturated heterocycles. The van der Waals surface area contributed by atoms with E-state index in [9.17, 15) is 0 Å². The highest BCUT2D eigenvalue weighted by atomic mass is 127. The van der Waals surface area contributed by atoms with E-state index in [1.54, 1.807) is 20.3 Å². The molecule has 0 bridgehead atoms. The zero-order valence-corrected chi connectivity index (χ0v) is 11.1. The normalized spacial score (nSPS) is 10.8. The van der Waals surface area contributed by atoms with Gasteiger partial charge in [0.1, 0.15) is 4.83 Å². The molecule has 0 radical (unpaired) electrons. The van der Waals surface area contributed by atoms with E-state index in [1.165, 1.54) is 9.60 Å². The maximum atomic E-state index is 4.30. The molecule has 2 rings (SSSR count). The van der Waals surface area contributed by atoms with Crippen LogP contribution < -0.4 is 0 Å². The van der Waals surface area contributed by atoms with E-state index in [4.69, 9.17) is 0 Å². The van der Waals surface area contributed by atoms with Gasteiger partial charge in [-0.05, 0) is 37.0 Å². The van der Waals surface area contributed by atoms with Gasteiger partial charge in [0.2, 0.25) is 0 Å². The monoisotopic (exact) mass is 371 g/mol. The van der Waals surface area contributed by atoms with Crippen LogP contribution in [-0.2, 0) is 0 Å². The molecule has 0 fully saturated rings. The fourth-order valence-corrected chi connectivity index (χ4v) is 3.71.